The first-order chi connectivity index (χ1) is 14.8. The number of halogens is 1. The molecule has 0 fully saturated rings. The number of rotatable bonds is 7. The maximum absolute atomic E-state index is 13.6. The lowest BCUT2D eigenvalue weighted by Gasteiger charge is -2.12. The Morgan fingerprint density at radius 3 is 2.44 bits per heavy atom. The summed E-state index contributed by atoms with van der Waals surface area (Å²) < 4.78 is 79.9. The lowest BCUT2D eigenvalue weighted by atomic mass is 10.2. The first-order valence-corrected chi connectivity index (χ1v) is 16.0. The predicted octanol–water partition coefficient (Wildman–Crippen LogP) is 4.59. The number of thioether (sulfide) groups is 1. The number of hydrogen-bond donors (Lipinski definition) is 1. The summed E-state index contributed by atoms with van der Waals surface area (Å²) in [5, 5.41) is 0.483. The van der Waals surface area contributed by atoms with Crippen molar-refractivity contribution in [3.8, 4) is 0 Å². The molecule has 0 radical (unpaired) electrons. The minimum absolute atomic E-state index is 0.0208. The molecule has 12 heteroatoms. The molecule has 32 heavy (non-hydrogen) atoms. The third-order valence-electron chi connectivity index (χ3n) is 4.52. The Morgan fingerprint density at radius 2 is 1.84 bits per heavy atom. The molecule has 0 amide bonds. The van der Waals surface area contributed by atoms with Crippen LogP contribution in [0, 0.1) is 12.7 Å². The fourth-order valence-corrected chi connectivity index (χ4v) is 8.29. The number of sulfone groups is 1. The molecule has 172 valence electrons. The van der Waals surface area contributed by atoms with Gasteiger partial charge in [0.25, 0.3) is 10.0 Å². The fourth-order valence-electron chi connectivity index (χ4n) is 3.03. The molecule has 1 aromatic heterocycles. The number of aryl methyl sites for hydroxylation is 1. The summed E-state index contributed by atoms with van der Waals surface area (Å²) in [5.74, 6) is -0.476. The van der Waals surface area contributed by atoms with E-state index in [1.54, 1.807) is 25.3 Å². The summed E-state index contributed by atoms with van der Waals surface area (Å²) in [6, 6.07) is 8.27. The molecular formula is C20H20FNO5S5. The van der Waals surface area contributed by atoms with Crippen molar-refractivity contribution in [1.29, 1.82) is 0 Å². The Balaban J connectivity index is 2.10. The van der Waals surface area contributed by atoms with E-state index in [2.05, 4.69) is 4.72 Å². The van der Waals surface area contributed by atoms with E-state index in [1.807, 2.05) is 0 Å². The molecule has 6 nitrogen and oxygen atoms in total. The highest BCUT2D eigenvalue weighted by molar-refractivity contribution is 8.16. The third kappa shape index (κ3) is 5.25. The van der Waals surface area contributed by atoms with Gasteiger partial charge in [-0.25, -0.2) is 21.2 Å². The normalized spacial score (nSPS) is 14.0. The van der Waals surface area contributed by atoms with Crippen LogP contribution in [0.2, 0.25) is 0 Å². The van der Waals surface area contributed by atoms with Gasteiger partial charge in [-0.3, -0.25) is 8.93 Å². The first-order valence-electron chi connectivity index (χ1n) is 8.98. The van der Waals surface area contributed by atoms with Crippen LogP contribution in [-0.4, -0.2) is 39.8 Å². The van der Waals surface area contributed by atoms with Crippen LogP contribution in [0.1, 0.15) is 11.1 Å². The highest BCUT2D eigenvalue weighted by atomic mass is 32.2. The minimum Gasteiger partial charge on any atom is -0.278 e. The van der Waals surface area contributed by atoms with E-state index < -0.39 is 36.5 Å². The zero-order valence-corrected chi connectivity index (χ0v) is 21.6. The largest absolute Gasteiger partial charge is 0.278 e. The monoisotopic (exact) mass is 533 g/mol. The molecule has 3 rings (SSSR count). The lowest BCUT2D eigenvalue weighted by Crippen LogP contribution is -2.15. The van der Waals surface area contributed by atoms with Gasteiger partial charge in [-0.1, -0.05) is 6.07 Å². The number of hydrogen-bond acceptors (Lipinski definition) is 7. The van der Waals surface area contributed by atoms with E-state index in [0.717, 1.165) is 17.6 Å². The van der Waals surface area contributed by atoms with Crippen LogP contribution in [0.25, 0.3) is 16.2 Å². The Morgan fingerprint density at radius 1 is 1.16 bits per heavy atom. The Kier molecular flexibility index (Phi) is 7.20. The number of thiophene rings is 1. The Bertz CT molecular complexity index is 1470. The number of anilines is 1. The molecule has 1 N–H and O–H groups in total. The second-order valence-electron chi connectivity index (χ2n) is 6.91. The fraction of sp³-hybridized carbons (Fsp3) is 0.200. The molecule has 1 unspecified atom stereocenters. The smallest absolute Gasteiger partial charge is 0.271 e. The zero-order chi connectivity index (χ0) is 23.8. The quantitative estimate of drug-likeness (QED) is 0.477. The number of nitrogens with one attached hydrogen (secondary N) is 1. The van der Waals surface area contributed by atoms with E-state index >= 15 is 0 Å². The van der Waals surface area contributed by atoms with Crippen molar-refractivity contribution in [2.45, 2.75) is 16.0 Å². The molecule has 1 atom stereocenters. The average molecular weight is 534 g/mol. The second kappa shape index (κ2) is 9.26. The molecular weight excluding hydrogens is 514 g/mol. The van der Waals surface area contributed by atoms with E-state index in [4.69, 9.17) is 0 Å². The topological polar surface area (TPSA) is 97.4 Å². The van der Waals surface area contributed by atoms with Crippen molar-refractivity contribution in [3.05, 3.63) is 57.6 Å². The molecule has 1 heterocycles. The van der Waals surface area contributed by atoms with E-state index in [1.165, 1.54) is 48.3 Å². The number of sulfonamides is 1. The Hall–Kier alpha value is -1.73. The van der Waals surface area contributed by atoms with Crippen molar-refractivity contribution in [2.24, 2.45) is 0 Å². The summed E-state index contributed by atoms with van der Waals surface area (Å²) in [6.07, 6.45) is 5.85. The first kappa shape index (κ1) is 24.9. The summed E-state index contributed by atoms with van der Waals surface area (Å²) >= 11 is 2.25. The van der Waals surface area contributed by atoms with Gasteiger partial charge in [0.15, 0.2) is 9.84 Å². The SMILES string of the molecule is CS/C(=C\c1ccc(NS(=O)(=O)c2sc3ccc(F)cc3c2C)c(S(C)(=O)=O)c1)S(C)=O. The molecule has 0 aliphatic carbocycles. The zero-order valence-electron chi connectivity index (χ0n) is 17.5. The maximum Gasteiger partial charge on any atom is 0.271 e. The van der Waals surface area contributed by atoms with Gasteiger partial charge in [0.05, 0.1) is 25.6 Å². The Labute approximate surface area is 197 Å². The van der Waals surface area contributed by atoms with Crippen molar-refractivity contribution in [1.82, 2.24) is 0 Å². The van der Waals surface area contributed by atoms with Gasteiger partial charge in [-0.05, 0) is 66.1 Å². The van der Waals surface area contributed by atoms with Crippen LogP contribution in [-0.2, 0) is 30.7 Å². The molecule has 0 saturated carbocycles. The standard InChI is InChI=1S/C20H20FNO5S5/c1-12-15-11-14(21)6-8-17(15)29-20(12)32(26,27)22-16-7-5-13(9-18(16)31(4,24)25)10-19(28-2)30(3)23/h5-11,22H,1-4H3/b19-10+. The van der Waals surface area contributed by atoms with Gasteiger partial charge in [-0.15, -0.1) is 23.1 Å². The third-order valence-corrected chi connectivity index (χ3v) is 11.3. The summed E-state index contributed by atoms with van der Waals surface area (Å²) in [4.78, 5) is -0.207. The van der Waals surface area contributed by atoms with Crippen LogP contribution in [0.15, 0.2) is 49.7 Å². The highest BCUT2D eigenvalue weighted by Gasteiger charge is 2.25. The minimum atomic E-state index is -4.14. The van der Waals surface area contributed by atoms with Crippen molar-refractivity contribution in [3.63, 3.8) is 0 Å². The summed E-state index contributed by atoms with van der Waals surface area (Å²) in [5.41, 5.74) is 0.755. The van der Waals surface area contributed by atoms with Gasteiger partial charge in [0.1, 0.15) is 10.0 Å². The van der Waals surface area contributed by atoms with Crippen molar-refractivity contribution in [2.75, 3.05) is 23.5 Å². The molecule has 0 saturated heterocycles. The van der Waals surface area contributed by atoms with Gasteiger partial charge in [0, 0.05) is 17.2 Å². The van der Waals surface area contributed by atoms with Gasteiger partial charge in [0.2, 0.25) is 0 Å². The lowest BCUT2D eigenvalue weighted by molar-refractivity contribution is 0.602. The molecule has 0 aliphatic heterocycles. The van der Waals surface area contributed by atoms with Crippen LogP contribution in [0.4, 0.5) is 10.1 Å². The van der Waals surface area contributed by atoms with E-state index in [9.17, 15) is 25.4 Å². The molecule has 2 aromatic carbocycles. The molecule has 3 aromatic rings. The average Bonchev–Trinajstić information content (AvgIpc) is 3.02. The van der Waals surface area contributed by atoms with Crippen molar-refractivity contribution >= 4 is 75.6 Å². The summed E-state index contributed by atoms with van der Waals surface area (Å²) in [6.45, 7) is 1.58. The summed E-state index contributed by atoms with van der Waals surface area (Å²) in [7, 11) is -9.19. The molecule has 0 bridgehead atoms. The number of benzene rings is 2. The van der Waals surface area contributed by atoms with Gasteiger partial charge >= 0.3 is 0 Å². The van der Waals surface area contributed by atoms with Crippen molar-refractivity contribution < 1.29 is 25.4 Å². The molecule has 0 spiro atoms. The predicted molar refractivity (Wildman–Crippen MR) is 132 cm³/mol. The van der Waals surface area contributed by atoms with Crippen LogP contribution in [0.3, 0.4) is 0 Å². The maximum atomic E-state index is 13.6. The number of fused-ring (bicyclic) bond motifs is 1. The van der Waals surface area contributed by atoms with Gasteiger partial charge in [-0.2, -0.15) is 0 Å². The van der Waals surface area contributed by atoms with Crippen LogP contribution in [0.5, 0.6) is 0 Å². The van der Waals surface area contributed by atoms with E-state index in [-0.39, 0.29) is 14.8 Å². The van der Waals surface area contributed by atoms with Crippen LogP contribution >= 0.6 is 23.1 Å². The second-order valence-corrected chi connectivity index (χ2v) is 14.3. The molecule has 0 aliphatic rings. The van der Waals surface area contributed by atoms with E-state index in [0.29, 0.717) is 25.5 Å². The van der Waals surface area contributed by atoms with Crippen LogP contribution < -0.4 is 4.72 Å². The highest BCUT2D eigenvalue weighted by Crippen LogP contribution is 2.36. The van der Waals surface area contributed by atoms with Gasteiger partial charge < -0.3 is 0 Å².